The number of anilines is 1. The maximum absolute atomic E-state index is 10.8. The first-order valence-corrected chi connectivity index (χ1v) is 11.1. The predicted molar refractivity (Wildman–Crippen MR) is 139 cm³/mol. The number of hydrogen-bond acceptors (Lipinski definition) is 6. The first kappa shape index (κ1) is 27.5. The Kier molecular flexibility index (Phi) is 10.7. The monoisotopic (exact) mass is 525 g/mol. The summed E-state index contributed by atoms with van der Waals surface area (Å²) in [6, 6.07) is 16.2. The normalized spacial score (nSPS) is 10.4. The minimum absolute atomic E-state index is 0. The van der Waals surface area contributed by atoms with Gasteiger partial charge < -0.3 is 20.1 Å². The number of hydrogen-bond donors (Lipinski definition) is 2. The van der Waals surface area contributed by atoms with E-state index >= 15 is 0 Å². The van der Waals surface area contributed by atoms with Gasteiger partial charge in [-0.25, -0.2) is 0 Å². The highest BCUT2D eigenvalue weighted by atomic mass is 35.5. The summed E-state index contributed by atoms with van der Waals surface area (Å²) in [5.41, 5.74) is 3.79. The molecule has 0 radical (unpaired) electrons. The molecule has 0 heterocycles. The lowest BCUT2D eigenvalue weighted by Gasteiger charge is -2.15. The van der Waals surface area contributed by atoms with E-state index in [4.69, 9.17) is 32.7 Å². The summed E-state index contributed by atoms with van der Waals surface area (Å²) in [5, 5.41) is 18.0. The van der Waals surface area contributed by atoms with E-state index in [0.29, 0.717) is 53.5 Å². The number of nitro benzene ring substituents is 1. The van der Waals surface area contributed by atoms with Crippen molar-refractivity contribution in [3.63, 3.8) is 0 Å². The van der Waals surface area contributed by atoms with Crippen LogP contribution in [0.2, 0.25) is 10.0 Å². The Morgan fingerprint density at radius 3 is 2.35 bits per heavy atom. The Bertz CT molecular complexity index is 1110. The van der Waals surface area contributed by atoms with Crippen LogP contribution >= 0.6 is 35.6 Å². The van der Waals surface area contributed by atoms with E-state index in [1.165, 1.54) is 17.7 Å². The third-order valence-corrected chi connectivity index (χ3v) is 5.50. The van der Waals surface area contributed by atoms with Crippen LogP contribution in [-0.4, -0.2) is 25.1 Å². The molecule has 0 aliphatic rings. The van der Waals surface area contributed by atoms with Gasteiger partial charge >= 0.3 is 0 Å². The Hall–Kier alpha value is -2.71. The summed E-state index contributed by atoms with van der Waals surface area (Å²) in [7, 11) is 1.58. The molecule has 2 N–H and O–H groups in total. The average molecular weight is 527 g/mol. The number of nitro groups is 1. The molecule has 0 spiro atoms. The van der Waals surface area contributed by atoms with E-state index < -0.39 is 4.92 Å². The summed E-state index contributed by atoms with van der Waals surface area (Å²) in [5.74, 6) is 1.08. The molecule has 3 aromatic rings. The van der Waals surface area contributed by atoms with Gasteiger partial charge in [-0.1, -0.05) is 53.0 Å². The minimum Gasteiger partial charge on any atom is -0.493 e. The Morgan fingerprint density at radius 2 is 1.71 bits per heavy atom. The van der Waals surface area contributed by atoms with Gasteiger partial charge in [-0.2, -0.15) is 0 Å². The second kappa shape index (κ2) is 13.2. The van der Waals surface area contributed by atoms with Crippen LogP contribution in [-0.2, 0) is 13.2 Å². The smallest absolute Gasteiger partial charge is 0.271 e. The van der Waals surface area contributed by atoms with E-state index in [1.807, 2.05) is 43.3 Å². The van der Waals surface area contributed by atoms with Gasteiger partial charge in [-0.15, -0.1) is 12.4 Å². The average Bonchev–Trinajstić information content (AvgIpc) is 2.79. The fourth-order valence-electron chi connectivity index (χ4n) is 3.13. The SMILES string of the molecule is COc1cc(CNCCNc2ccc([N+](=O)[O-])cc2Cl)cc(Cl)c1OCc1ccc(C)cc1.Cl. The van der Waals surface area contributed by atoms with Gasteiger partial charge in [0.05, 0.1) is 27.8 Å². The zero-order valence-corrected chi connectivity index (χ0v) is 21.1. The summed E-state index contributed by atoms with van der Waals surface area (Å²) >= 11 is 12.6. The molecule has 0 fully saturated rings. The maximum Gasteiger partial charge on any atom is 0.271 e. The highest BCUT2D eigenvalue weighted by Crippen LogP contribution is 2.37. The molecule has 7 nitrogen and oxygen atoms in total. The van der Waals surface area contributed by atoms with Crippen LogP contribution in [0.25, 0.3) is 0 Å². The lowest BCUT2D eigenvalue weighted by molar-refractivity contribution is -0.384. The van der Waals surface area contributed by atoms with Crippen molar-refractivity contribution in [1.29, 1.82) is 0 Å². The van der Waals surface area contributed by atoms with Crippen molar-refractivity contribution in [3.8, 4) is 11.5 Å². The molecule has 0 bridgehead atoms. The summed E-state index contributed by atoms with van der Waals surface area (Å²) in [4.78, 5) is 10.3. The molecular weight excluding hydrogens is 501 g/mol. The van der Waals surface area contributed by atoms with Crippen LogP contribution in [0.1, 0.15) is 16.7 Å². The van der Waals surface area contributed by atoms with Gasteiger partial charge in [-0.3, -0.25) is 10.1 Å². The summed E-state index contributed by atoms with van der Waals surface area (Å²) < 4.78 is 11.4. The van der Waals surface area contributed by atoms with Gasteiger partial charge in [-0.05, 0) is 36.2 Å². The van der Waals surface area contributed by atoms with Crippen LogP contribution in [0, 0.1) is 17.0 Å². The van der Waals surface area contributed by atoms with Crippen molar-refractivity contribution in [1.82, 2.24) is 5.32 Å². The molecule has 10 heteroatoms. The van der Waals surface area contributed by atoms with Crippen molar-refractivity contribution in [2.24, 2.45) is 0 Å². The lowest BCUT2D eigenvalue weighted by Crippen LogP contribution is -2.22. The number of nitrogens with one attached hydrogen (secondary N) is 2. The maximum atomic E-state index is 10.8. The molecule has 0 unspecified atom stereocenters. The third-order valence-electron chi connectivity index (χ3n) is 4.90. The number of aryl methyl sites for hydroxylation is 1. The van der Waals surface area contributed by atoms with Gasteiger partial charge in [0.2, 0.25) is 0 Å². The topological polar surface area (TPSA) is 85.7 Å². The molecule has 0 aliphatic heterocycles. The molecule has 0 amide bonds. The predicted octanol–water partition coefficient (Wildman–Crippen LogP) is 6.42. The third kappa shape index (κ3) is 7.67. The van der Waals surface area contributed by atoms with E-state index in [0.717, 1.165) is 11.1 Å². The Balaban J connectivity index is 0.00000408. The molecule has 0 saturated heterocycles. The van der Waals surface area contributed by atoms with Gasteiger partial charge in [0, 0.05) is 31.8 Å². The van der Waals surface area contributed by atoms with Gasteiger partial charge in [0.25, 0.3) is 5.69 Å². The van der Waals surface area contributed by atoms with Gasteiger partial charge in [0.15, 0.2) is 11.5 Å². The molecule has 0 atom stereocenters. The van der Waals surface area contributed by atoms with Crippen molar-refractivity contribution < 1.29 is 14.4 Å². The Morgan fingerprint density at radius 1 is 0.971 bits per heavy atom. The molecule has 3 rings (SSSR count). The first-order chi connectivity index (χ1) is 15.9. The summed E-state index contributed by atoms with van der Waals surface area (Å²) in [6.45, 7) is 4.23. The lowest BCUT2D eigenvalue weighted by atomic mass is 10.1. The van der Waals surface area contributed by atoms with Crippen LogP contribution < -0.4 is 20.1 Å². The minimum atomic E-state index is -0.477. The highest BCUT2D eigenvalue weighted by molar-refractivity contribution is 6.33. The molecule has 182 valence electrons. The molecule has 3 aromatic carbocycles. The van der Waals surface area contributed by atoms with E-state index in [1.54, 1.807) is 13.2 Å². The van der Waals surface area contributed by atoms with Crippen molar-refractivity contribution in [3.05, 3.63) is 91.4 Å². The number of nitrogens with zero attached hydrogens (tertiary/aromatic N) is 1. The molecule has 0 saturated carbocycles. The quantitative estimate of drug-likeness (QED) is 0.170. The van der Waals surface area contributed by atoms with Crippen molar-refractivity contribution in [2.45, 2.75) is 20.1 Å². The zero-order chi connectivity index (χ0) is 23.8. The zero-order valence-electron chi connectivity index (χ0n) is 18.8. The number of non-ortho nitro benzene ring substituents is 1. The number of halogens is 3. The van der Waals surface area contributed by atoms with Crippen molar-refractivity contribution >= 4 is 47.0 Å². The number of benzene rings is 3. The highest BCUT2D eigenvalue weighted by Gasteiger charge is 2.13. The van der Waals surface area contributed by atoms with Crippen molar-refractivity contribution in [2.75, 3.05) is 25.5 Å². The van der Waals surface area contributed by atoms with E-state index in [2.05, 4.69) is 10.6 Å². The number of methoxy groups -OCH3 is 1. The van der Waals surface area contributed by atoms with Gasteiger partial charge in [0.1, 0.15) is 6.61 Å². The van der Waals surface area contributed by atoms with Crippen LogP contribution in [0.3, 0.4) is 0 Å². The van der Waals surface area contributed by atoms with E-state index in [9.17, 15) is 10.1 Å². The fourth-order valence-corrected chi connectivity index (χ4v) is 3.66. The summed E-state index contributed by atoms with van der Waals surface area (Å²) in [6.07, 6.45) is 0. The largest absolute Gasteiger partial charge is 0.493 e. The molecule has 0 aromatic heterocycles. The van der Waals surface area contributed by atoms with E-state index in [-0.39, 0.29) is 18.1 Å². The fraction of sp³-hybridized carbons (Fsp3) is 0.250. The Labute approximate surface area is 214 Å². The van der Waals surface area contributed by atoms with Crippen LogP contribution in [0.15, 0.2) is 54.6 Å². The number of rotatable bonds is 11. The first-order valence-electron chi connectivity index (χ1n) is 10.3. The van der Waals surface area contributed by atoms with Crippen LogP contribution in [0.4, 0.5) is 11.4 Å². The van der Waals surface area contributed by atoms with Crippen LogP contribution in [0.5, 0.6) is 11.5 Å². The molecule has 34 heavy (non-hydrogen) atoms. The molecular formula is C24H26Cl3N3O4. The number of ether oxygens (including phenoxy) is 2. The second-order valence-corrected chi connectivity index (χ2v) is 8.22. The molecule has 0 aliphatic carbocycles. The second-order valence-electron chi connectivity index (χ2n) is 7.41. The standard InChI is InChI=1S/C24H25Cl2N3O4.ClH/c1-16-3-5-17(6-4-16)15-33-24-21(26)11-18(12-23(24)32-2)14-27-9-10-28-22-8-7-19(29(30)31)13-20(22)25;/h3-8,11-13,27-28H,9-10,14-15H2,1-2H3;1H.